The van der Waals surface area contributed by atoms with Crippen LogP contribution in [0.25, 0.3) is 11.3 Å². The Balaban J connectivity index is 2.67. The Hall–Kier alpha value is -2.17. The lowest BCUT2D eigenvalue weighted by molar-refractivity contribution is 0.0697. The second-order valence-corrected chi connectivity index (χ2v) is 3.75. The fourth-order valence-electron chi connectivity index (χ4n) is 1.70. The maximum Gasteiger partial charge on any atom is 0.339 e. The van der Waals surface area contributed by atoms with Gasteiger partial charge in [0.2, 0.25) is 0 Å². The smallest absolute Gasteiger partial charge is 0.339 e. The van der Waals surface area contributed by atoms with E-state index in [9.17, 15) is 9.18 Å². The molecule has 1 aromatic heterocycles. The van der Waals surface area contributed by atoms with Crippen molar-refractivity contribution in [1.82, 2.24) is 9.78 Å². The topological polar surface area (TPSA) is 55.1 Å². The van der Waals surface area contributed by atoms with Crippen LogP contribution in [0.5, 0.6) is 0 Å². The molecule has 4 nitrogen and oxygen atoms in total. The number of aromatic nitrogens is 2. The number of rotatable bonds is 2. The molecule has 5 heteroatoms. The van der Waals surface area contributed by atoms with Crippen LogP contribution in [0, 0.1) is 12.7 Å². The highest BCUT2D eigenvalue weighted by molar-refractivity contribution is 5.96. The van der Waals surface area contributed by atoms with E-state index in [1.165, 1.54) is 22.9 Å². The predicted octanol–water partition coefficient (Wildman–Crippen LogP) is 2.23. The number of hydrogen-bond acceptors (Lipinski definition) is 2. The third kappa shape index (κ3) is 1.91. The second kappa shape index (κ2) is 4.01. The van der Waals surface area contributed by atoms with Gasteiger partial charge in [0.1, 0.15) is 17.1 Å². The van der Waals surface area contributed by atoms with E-state index in [4.69, 9.17) is 5.11 Å². The van der Waals surface area contributed by atoms with Crippen LogP contribution in [0.4, 0.5) is 4.39 Å². The molecule has 0 amide bonds. The van der Waals surface area contributed by atoms with Gasteiger partial charge in [-0.3, -0.25) is 4.68 Å². The summed E-state index contributed by atoms with van der Waals surface area (Å²) < 4.78 is 14.6. The van der Waals surface area contributed by atoms with Crippen molar-refractivity contribution < 1.29 is 14.3 Å². The standard InChI is InChI=1S/C12H11FN2O2/c1-7-10(12(16)17)11(14-15(7)2)8-4-3-5-9(13)6-8/h3-6H,1-2H3,(H,16,17). The zero-order valence-electron chi connectivity index (χ0n) is 9.44. The average Bonchev–Trinajstić information content (AvgIpc) is 2.55. The van der Waals surface area contributed by atoms with E-state index in [0.29, 0.717) is 11.3 Å². The van der Waals surface area contributed by atoms with E-state index in [1.54, 1.807) is 20.0 Å². The predicted molar refractivity (Wildman–Crippen MR) is 60.3 cm³/mol. The summed E-state index contributed by atoms with van der Waals surface area (Å²) in [4.78, 5) is 11.2. The van der Waals surface area contributed by atoms with Gasteiger partial charge in [0.05, 0.1) is 5.69 Å². The molecular formula is C12H11FN2O2. The normalized spacial score (nSPS) is 10.5. The number of aryl methyl sites for hydroxylation is 1. The summed E-state index contributed by atoms with van der Waals surface area (Å²) in [6.07, 6.45) is 0. The maximum absolute atomic E-state index is 13.1. The van der Waals surface area contributed by atoms with Crippen LogP contribution in [0.1, 0.15) is 16.1 Å². The fourth-order valence-corrected chi connectivity index (χ4v) is 1.70. The summed E-state index contributed by atoms with van der Waals surface area (Å²) >= 11 is 0. The summed E-state index contributed by atoms with van der Waals surface area (Å²) in [5.74, 6) is -1.47. The first-order valence-electron chi connectivity index (χ1n) is 5.03. The summed E-state index contributed by atoms with van der Waals surface area (Å²) in [6, 6.07) is 5.74. The molecule has 1 N–H and O–H groups in total. The van der Waals surface area contributed by atoms with E-state index < -0.39 is 11.8 Å². The lowest BCUT2D eigenvalue weighted by Crippen LogP contribution is -2.00. The first-order valence-corrected chi connectivity index (χ1v) is 5.03. The number of carboxylic acid groups (broad SMARTS) is 1. The lowest BCUT2D eigenvalue weighted by atomic mass is 10.1. The summed E-state index contributed by atoms with van der Waals surface area (Å²) in [6.45, 7) is 1.67. The third-order valence-corrected chi connectivity index (χ3v) is 2.65. The van der Waals surface area contributed by atoms with Crippen LogP contribution < -0.4 is 0 Å². The molecule has 2 aromatic rings. The van der Waals surface area contributed by atoms with Crippen molar-refractivity contribution in [3.05, 3.63) is 41.3 Å². The minimum Gasteiger partial charge on any atom is -0.478 e. The first-order chi connectivity index (χ1) is 8.00. The molecule has 0 unspecified atom stereocenters. The van der Waals surface area contributed by atoms with Crippen molar-refractivity contribution in [2.75, 3.05) is 0 Å². The van der Waals surface area contributed by atoms with Crippen molar-refractivity contribution in [1.29, 1.82) is 0 Å². The van der Waals surface area contributed by atoms with Crippen molar-refractivity contribution in [2.24, 2.45) is 7.05 Å². The molecule has 88 valence electrons. The van der Waals surface area contributed by atoms with E-state index in [1.807, 2.05) is 0 Å². The number of carboxylic acids is 1. The Morgan fingerprint density at radius 2 is 2.18 bits per heavy atom. The van der Waals surface area contributed by atoms with Gasteiger partial charge in [-0.15, -0.1) is 0 Å². The van der Waals surface area contributed by atoms with Crippen molar-refractivity contribution >= 4 is 5.97 Å². The van der Waals surface area contributed by atoms with Crippen molar-refractivity contribution in [3.63, 3.8) is 0 Å². The molecule has 0 saturated heterocycles. The molecular weight excluding hydrogens is 223 g/mol. The van der Waals surface area contributed by atoms with Crippen molar-refractivity contribution in [3.8, 4) is 11.3 Å². The van der Waals surface area contributed by atoms with Gasteiger partial charge >= 0.3 is 5.97 Å². The van der Waals surface area contributed by atoms with Crippen LogP contribution in [0.15, 0.2) is 24.3 Å². The van der Waals surface area contributed by atoms with Crippen LogP contribution >= 0.6 is 0 Å². The SMILES string of the molecule is Cc1c(C(=O)O)c(-c2cccc(F)c2)nn1C. The fraction of sp³-hybridized carbons (Fsp3) is 0.167. The maximum atomic E-state index is 13.1. The van der Waals surface area contributed by atoms with Gasteiger partial charge < -0.3 is 5.11 Å². The quantitative estimate of drug-likeness (QED) is 0.866. The molecule has 0 bridgehead atoms. The molecule has 0 aliphatic carbocycles. The van der Waals surface area contributed by atoms with Gasteiger partial charge in [-0.2, -0.15) is 5.10 Å². The number of benzene rings is 1. The molecule has 0 aliphatic rings. The monoisotopic (exact) mass is 234 g/mol. The molecule has 0 saturated carbocycles. The molecule has 17 heavy (non-hydrogen) atoms. The molecule has 0 radical (unpaired) electrons. The molecule has 1 heterocycles. The molecule has 0 spiro atoms. The minimum atomic E-state index is -1.06. The van der Waals surface area contributed by atoms with Crippen LogP contribution in [0.3, 0.4) is 0 Å². The molecule has 0 aliphatic heterocycles. The number of aromatic carboxylic acids is 1. The average molecular weight is 234 g/mol. The highest BCUT2D eigenvalue weighted by atomic mass is 19.1. The largest absolute Gasteiger partial charge is 0.478 e. The number of hydrogen-bond donors (Lipinski definition) is 1. The first kappa shape index (κ1) is 11.3. The number of halogens is 1. The summed E-state index contributed by atoms with van der Waals surface area (Å²) in [5.41, 5.74) is 1.40. The molecule has 1 aromatic carbocycles. The zero-order valence-corrected chi connectivity index (χ0v) is 9.44. The van der Waals surface area contributed by atoms with Gasteiger partial charge in [-0.05, 0) is 19.1 Å². The Bertz CT molecular complexity index is 590. The second-order valence-electron chi connectivity index (χ2n) is 3.75. The van der Waals surface area contributed by atoms with Gasteiger partial charge in [0.15, 0.2) is 0 Å². The Morgan fingerprint density at radius 3 is 2.76 bits per heavy atom. The number of carbonyl (C=O) groups is 1. The van der Waals surface area contributed by atoms with E-state index in [-0.39, 0.29) is 11.3 Å². The highest BCUT2D eigenvalue weighted by Gasteiger charge is 2.20. The van der Waals surface area contributed by atoms with E-state index >= 15 is 0 Å². The van der Waals surface area contributed by atoms with Gasteiger partial charge in [0.25, 0.3) is 0 Å². The Labute approximate surface area is 97.3 Å². The molecule has 0 atom stereocenters. The number of nitrogens with zero attached hydrogens (tertiary/aromatic N) is 2. The summed E-state index contributed by atoms with van der Waals surface area (Å²) in [5, 5.41) is 13.3. The van der Waals surface area contributed by atoms with E-state index in [0.717, 1.165) is 0 Å². The Kier molecular flexibility index (Phi) is 2.67. The van der Waals surface area contributed by atoms with Crippen molar-refractivity contribution in [2.45, 2.75) is 6.92 Å². The van der Waals surface area contributed by atoms with Gasteiger partial charge in [0, 0.05) is 12.6 Å². The third-order valence-electron chi connectivity index (χ3n) is 2.65. The van der Waals surface area contributed by atoms with Gasteiger partial charge in [-0.1, -0.05) is 12.1 Å². The van der Waals surface area contributed by atoms with Crippen LogP contribution in [-0.2, 0) is 7.05 Å². The van der Waals surface area contributed by atoms with Gasteiger partial charge in [-0.25, -0.2) is 9.18 Å². The molecule has 2 rings (SSSR count). The summed E-state index contributed by atoms with van der Waals surface area (Å²) in [7, 11) is 1.66. The highest BCUT2D eigenvalue weighted by Crippen LogP contribution is 2.25. The Morgan fingerprint density at radius 1 is 1.47 bits per heavy atom. The van der Waals surface area contributed by atoms with E-state index in [2.05, 4.69) is 5.10 Å². The zero-order chi connectivity index (χ0) is 12.6. The molecule has 0 fully saturated rings. The lowest BCUT2D eigenvalue weighted by Gasteiger charge is -1.99. The van der Waals surface area contributed by atoms with Crippen LogP contribution in [-0.4, -0.2) is 20.9 Å². The van der Waals surface area contributed by atoms with Crippen LogP contribution in [0.2, 0.25) is 0 Å². The minimum absolute atomic E-state index is 0.109.